The second-order valence-electron chi connectivity index (χ2n) is 8.46. The Balaban J connectivity index is 1.53. The van der Waals surface area contributed by atoms with Gasteiger partial charge in [0.05, 0.1) is 29.2 Å². The number of benzene rings is 1. The number of carbonyl (C=O) groups is 2. The van der Waals surface area contributed by atoms with Crippen LogP contribution in [0.1, 0.15) is 33.6 Å². The molecular weight excluding hydrogens is 430 g/mol. The van der Waals surface area contributed by atoms with Gasteiger partial charge in [0.2, 0.25) is 5.91 Å². The van der Waals surface area contributed by atoms with Gasteiger partial charge in [-0.1, -0.05) is 6.58 Å². The Bertz CT molecular complexity index is 1290. The Kier molecular flexibility index (Phi) is 5.90. The molecule has 1 aliphatic heterocycles. The number of anilines is 1. The van der Waals surface area contributed by atoms with Gasteiger partial charge in [-0.25, -0.2) is 0 Å². The molecule has 34 heavy (non-hydrogen) atoms. The molecule has 3 heterocycles. The molecule has 5 rings (SSSR count). The van der Waals surface area contributed by atoms with Crippen molar-refractivity contribution in [2.24, 2.45) is 5.73 Å². The molecule has 2 aliphatic rings. The Hall–Kier alpha value is -3.91. The summed E-state index contributed by atoms with van der Waals surface area (Å²) < 4.78 is 5.82. The van der Waals surface area contributed by atoms with E-state index in [-0.39, 0.29) is 11.8 Å². The van der Waals surface area contributed by atoms with Gasteiger partial charge in [0.25, 0.3) is 5.91 Å². The number of aryl methyl sites for hydroxylation is 1. The van der Waals surface area contributed by atoms with Gasteiger partial charge in [0, 0.05) is 36.0 Å². The zero-order valence-corrected chi connectivity index (χ0v) is 18.9. The molecule has 174 valence electrons. The fraction of sp³-hybridized carbons (Fsp3) is 0.269. The minimum absolute atomic E-state index is 0.00399. The highest BCUT2D eigenvalue weighted by molar-refractivity contribution is 6.01. The van der Waals surface area contributed by atoms with Crippen molar-refractivity contribution in [1.82, 2.24) is 15.3 Å². The maximum Gasteiger partial charge on any atom is 0.253 e. The largest absolute Gasteiger partial charge is 0.491 e. The summed E-state index contributed by atoms with van der Waals surface area (Å²) >= 11 is 0. The molecule has 8 nitrogen and oxygen atoms in total. The summed E-state index contributed by atoms with van der Waals surface area (Å²) in [6, 6.07) is 7.66. The molecule has 1 aliphatic carbocycles. The Labute approximate surface area is 197 Å². The first kappa shape index (κ1) is 21.9. The lowest BCUT2D eigenvalue weighted by Gasteiger charge is -2.19. The van der Waals surface area contributed by atoms with Crippen LogP contribution in [-0.2, 0) is 24.1 Å². The molecule has 0 saturated carbocycles. The average molecular weight is 458 g/mol. The van der Waals surface area contributed by atoms with E-state index in [2.05, 4.69) is 28.3 Å². The summed E-state index contributed by atoms with van der Waals surface area (Å²) in [5, 5.41) is 5.78. The summed E-state index contributed by atoms with van der Waals surface area (Å²) in [6.07, 6.45) is 6.29. The van der Waals surface area contributed by atoms with Crippen molar-refractivity contribution < 1.29 is 14.3 Å². The molecule has 1 aromatic carbocycles. The van der Waals surface area contributed by atoms with Gasteiger partial charge >= 0.3 is 0 Å². The number of carbonyl (C=O) groups excluding carboxylic acids is 2. The van der Waals surface area contributed by atoms with Crippen molar-refractivity contribution in [3.8, 4) is 28.3 Å². The fourth-order valence-electron chi connectivity index (χ4n) is 4.62. The Morgan fingerprint density at radius 1 is 1.26 bits per heavy atom. The molecule has 0 bridgehead atoms. The van der Waals surface area contributed by atoms with Gasteiger partial charge in [-0.05, 0) is 67.3 Å². The second kappa shape index (κ2) is 9.15. The molecule has 0 spiro atoms. The number of rotatable bonds is 7. The Morgan fingerprint density at radius 3 is 2.97 bits per heavy atom. The van der Waals surface area contributed by atoms with Crippen LogP contribution in [0.4, 0.5) is 5.69 Å². The molecule has 2 aromatic heterocycles. The molecule has 0 saturated heterocycles. The number of fused-ring (bicyclic) bond motifs is 5. The average Bonchev–Trinajstić information content (AvgIpc) is 3.25. The van der Waals surface area contributed by atoms with E-state index in [1.165, 1.54) is 6.08 Å². The summed E-state index contributed by atoms with van der Waals surface area (Å²) in [6.45, 7) is 5.16. The fourth-order valence-corrected chi connectivity index (χ4v) is 4.62. The third kappa shape index (κ3) is 3.97. The van der Waals surface area contributed by atoms with Gasteiger partial charge in [-0.15, -0.1) is 0 Å². The summed E-state index contributed by atoms with van der Waals surface area (Å²) in [5.41, 5.74) is 13.8. The van der Waals surface area contributed by atoms with Crippen molar-refractivity contribution >= 4 is 17.5 Å². The molecule has 0 radical (unpaired) electrons. The Morgan fingerprint density at radius 2 is 2.15 bits per heavy atom. The van der Waals surface area contributed by atoms with E-state index in [9.17, 15) is 9.59 Å². The molecule has 0 atom stereocenters. The number of ether oxygens (including phenoxy) is 1. The van der Waals surface area contributed by atoms with Crippen LogP contribution in [0.15, 0.2) is 43.1 Å². The molecular formula is C26H27N5O3. The quantitative estimate of drug-likeness (QED) is 0.321. The van der Waals surface area contributed by atoms with E-state index in [4.69, 9.17) is 15.5 Å². The number of pyridine rings is 1. The van der Waals surface area contributed by atoms with E-state index < -0.39 is 0 Å². The number of hydrogen-bond acceptors (Lipinski definition) is 5. The first-order valence-electron chi connectivity index (χ1n) is 11.5. The normalized spacial score (nSPS) is 13.9. The smallest absolute Gasteiger partial charge is 0.253 e. The van der Waals surface area contributed by atoms with Crippen LogP contribution in [0.25, 0.3) is 22.5 Å². The van der Waals surface area contributed by atoms with Gasteiger partial charge in [0.1, 0.15) is 5.75 Å². The maximum atomic E-state index is 12.5. The van der Waals surface area contributed by atoms with Crippen LogP contribution >= 0.6 is 0 Å². The molecule has 8 heteroatoms. The highest BCUT2D eigenvalue weighted by Gasteiger charge is 2.29. The van der Waals surface area contributed by atoms with E-state index >= 15 is 0 Å². The summed E-state index contributed by atoms with van der Waals surface area (Å²) in [4.78, 5) is 32.7. The SMILES string of the molecule is C=CC(=O)Nc1cc(-c2cc3c(cn2)CCc2c-3[nH]c3c2C(=O)NCC3)ccc1OCCCN. The first-order chi connectivity index (χ1) is 16.6. The predicted molar refractivity (Wildman–Crippen MR) is 131 cm³/mol. The van der Waals surface area contributed by atoms with E-state index in [0.29, 0.717) is 37.6 Å². The number of amides is 2. The number of nitrogens with zero attached hydrogens (tertiary/aromatic N) is 1. The van der Waals surface area contributed by atoms with Crippen molar-refractivity contribution in [2.75, 3.05) is 25.0 Å². The van der Waals surface area contributed by atoms with E-state index in [1.807, 2.05) is 24.4 Å². The molecule has 2 amide bonds. The number of aromatic nitrogens is 2. The van der Waals surface area contributed by atoms with Crippen LogP contribution < -0.4 is 21.1 Å². The van der Waals surface area contributed by atoms with Crippen LogP contribution in [0.3, 0.4) is 0 Å². The topological polar surface area (TPSA) is 122 Å². The molecule has 0 fully saturated rings. The summed E-state index contributed by atoms with van der Waals surface area (Å²) in [7, 11) is 0. The monoisotopic (exact) mass is 457 g/mol. The molecule has 3 aromatic rings. The number of nitrogens with one attached hydrogen (secondary N) is 3. The number of hydrogen-bond donors (Lipinski definition) is 4. The third-order valence-electron chi connectivity index (χ3n) is 6.29. The lowest BCUT2D eigenvalue weighted by atomic mass is 9.88. The van der Waals surface area contributed by atoms with Crippen LogP contribution in [-0.4, -0.2) is 41.5 Å². The third-order valence-corrected chi connectivity index (χ3v) is 6.29. The predicted octanol–water partition coefficient (Wildman–Crippen LogP) is 2.98. The first-order valence-corrected chi connectivity index (χ1v) is 11.5. The number of H-pyrrole nitrogens is 1. The van der Waals surface area contributed by atoms with Gasteiger partial charge in [0.15, 0.2) is 0 Å². The molecule has 0 unspecified atom stereocenters. The van der Waals surface area contributed by atoms with Gasteiger partial charge in [-0.2, -0.15) is 0 Å². The van der Waals surface area contributed by atoms with Crippen LogP contribution in [0.5, 0.6) is 5.75 Å². The standard InChI is InChI=1S/C26H27N5O3/c1-2-23(32)30-21-12-15(5-7-22(21)34-11-3-9-27)20-13-18-16(14-29-20)4-6-17-24-19(31-25(17)18)8-10-28-26(24)33/h2,5,7,12-14,31H,1,3-4,6,8-11,27H2,(H,28,33)(H,30,32). The van der Waals surface area contributed by atoms with Crippen molar-refractivity contribution in [1.29, 1.82) is 0 Å². The zero-order chi connectivity index (χ0) is 23.7. The van der Waals surface area contributed by atoms with Crippen molar-refractivity contribution in [2.45, 2.75) is 25.7 Å². The molecule has 5 N–H and O–H groups in total. The number of aromatic amines is 1. The van der Waals surface area contributed by atoms with Gasteiger partial charge < -0.3 is 26.1 Å². The summed E-state index contributed by atoms with van der Waals surface area (Å²) in [5.74, 6) is 0.249. The van der Waals surface area contributed by atoms with Crippen molar-refractivity contribution in [3.63, 3.8) is 0 Å². The number of nitrogens with two attached hydrogens (primary N) is 1. The van der Waals surface area contributed by atoms with Crippen molar-refractivity contribution in [3.05, 3.63) is 65.5 Å². The van der Waals surface area contributed by atoms with Crippen LogP contribution in [0.2, 0.25) is 0 Å². The zero-order valence-electron chi connectivity index (χ0n) is 18.9. The lowest BCUT2D eigenvalue weighted by molar-refractivity contribution is -0.111. The minimum Gasteiger partial charge on any atom is -0.491 e. The maximum absolute atomic E-state index is 12.5. The van der Waals surface area contributed by atoms with Crippen LogP contribution in [0, 0.1) is 0 Å². The highest BCUT2D eigenvalue weighted by atomic mass is 16.5. The van der Waals surface area contributed by atoms with Gasteiger partial charge in [-0.3, -0.25) is 14.6 Å². The second-order valence-corrected chi connectivity index (χ2v) is 8.46. The minimum atomic E-state index is -0.320. The van der Waals surface area contributed by atoms with E-state index in [1.54, 1.807) is 0 Å². The highest BCUT2D eigenvalue weighted by Crippen LogP contribution is 2.39. The lowest BCUT2D eigenvalue weighted by Crippen LogP contribution is -2.32. The van der Waals surface area contributed by atoms with E-state index in [0.717, 1.165) is 64.2 Å².